The zero-order valence-corrected chi connectivity index (χ0v) is 19.6. The third-order valence-corrected chi connectivity index (χ3v) is 5.49. The van der Waals surface area contributed by atoms with Gasteiger partial charge in [0.15, 0.2) is 0 Å². The van der Waals surface area contributed by atoms with Crippen LogP contribution in [-0.4, -0.2) is 37.2 Å². The zero-order chi connectivity index (χ0) is 24.9. The van der Waals surface area contributed by atoms with Gasteiger partial charge in [-0.2, -0.15) is 14.5 Å². The fourth-order valence-corrected chi connectivity index (χ4v) is 3.71. The lowest BCUT2D eigenvalue weighted by Crippen LogP contribution is -2.49. The molecule has 0 saturated carbocycles. The molecule has 0 atom stereocenters. The van der Waals surface area contributed by atoms with E-state index in [0.717, 1.165) is 33.8 Å². The van der Waals surface area contributed by atoms with Crippen molar-refractivity contribution in [2.24, 2.45) is 0 Å². The van der Waals surface area contributed by atoms with E-state index in [1.165, 1.54) is 14.5 Å². The van der Waals surface area contributed by atoms with Crippen molar-refractivity contribution in [3.8, 4) is 33.8 Å². The van der Waals surface area contributed by atoms with Crippen molar-refractivity contribution in [1.29, 1.82) is 0 Å². The van der Waals surface area contributed by atoms with Crippen molar-refractivity contribution in [2.75, 3.05) is 0 Å². The van der Waals surface area contributed by atoms with Crippen LogP contribution in [-0.2, 0) is 0 Å². The minimum atomic E-state index is -1.27. The lowest BCUT2D eigenvalue weighted by atomic mass is 10.2. The van der Waals surface area contributed by atoms with Crippen LogP contribution in [0.15, 0.2) is 128 Å². The maximum absolute atomic E-state index is 5.89. The number of hydrogen-bond acceptors (Lipinski definition) is 6. The average Bonchev–Trinajstić information content (AvgIpc) is 3.72. The van der Waals surface area contributed by atoms with E-state index >= 15 is 0 Å². The highest BCUT2D eigenvalue weighted by molar-refractivity contribution is 6.37. The van der Waals surface area contributed by atoms with E-state index < -0.39 is 7.32 Å². The van der Waals surface area contributed by atoms with Crippen LogP contribution in [0.5, 0.6) is 0 Å². The molecule has 0 aliphatic heterocycles. The number of rotatable bonds is 9. The van der Waals surface area contributed by atoms with Crippen molar-refractivity contribution < 1.29 is 14.3 Å². The molecule has 3 aromatic heterocycles. The Kier molecular flexibility index (Phi) is 6.11. The van der Waals surface area contributed by atoms with Crippen LogP contribution in [0, 0.1) is 0 Å². The van der Waals surface area contributed by atoms with E-state index in [-0.39, 0.29) is 0 Å². The van der Waals surface area contributed by atoms with Crippen molar-refractivity contribution in [3.63, 3.8) is 0 Å². The van der Waals surface area contributed by atoms with Gasteiger partial charge in [0.1, 0.15) is 0 Å². The maximum Gasteiger partial charge on any atom is 0.585 e. The molecular formula is C27H21BN6O3-. The lowest BCUT2D eigenvalue weighted by molar-refractivity contribution is 0.0406. The van der Waals surface area contributed by atoms with Gasteiger partial charge in [-0.05, 0) is 18.2 Å². The van der Waals surface area contributed by atoms with Crippen LogP contribution in [0.2, 0.25) is 0 Å². The first-order chi connectivity index (χ1) is 18.3. The Morgan fingerprint density at radius 2 is 0.703 bits per heavy atom. The first kappa shape index (κ1) is 22.2. The van der Waals surface area contributed by atoms with E-state index in [4.69, 9.17) is 14.3 Å². The molecule has 0 aliphatic carbocycles. The predicted octanol–water partition coefficient (Wildman–Crippen LogP) is 3.95. The summed E-state index contributed by atoms with van der Waals surface area (Å²) in [5.74, 6) is 0. The molecule has 181 valence electrons. The normalized spacial score (nSPS) is 10.9. The highest BCUT2D eigenvalue weighted by Crippen LogP contribution is 2.17. The molecule has 10 heteroatoms. The zero-order valence-electron chi connectivity index (χ0n) is 19.6. The Morgan fingerprint density at radius 1 is 0.405 bits per heavy atom. The topological polar surface area (TPSA) is 81.1 Å². The first-order valence-corrected chi connectivity index (χ1v) is 11.6. The summed E-state index contributed by atoms with van der Waals surface area (Å²) in [6.45, 7) is 0. The molecule has 6 rings (SSSR count). The highest BCUT2D eigenvalue weighted by atomic mass is 16.9. The summed E-state index contributed by atoms with van der Waals surface area (Å²) in [6, 6.07) is 34.9. The molecule has 3 heterocycles. The summed E-state index contributed by atoms with van der Waals surface area (Å²) in [7, 11) is -1.27. The first-order valence-electron chi connectivity index (χ1n) is 11.6. The van der Waals surface area contributed by atoms with Crippen LogP contribution in [0.25, 0.3) is 33.8 Å². The lowest BCUT2D eigenvalue weighted by Gasteiger charge is -2.29. The highest BCUT2D eigenvalue weighted by Gasteiger charge is 2.15. The molecule has 0 spiro atoms. The van der Waals surface area contributed by atoms with E-state index in [2.05, 4.69) is 15.3 Å². The van der Waals surface area contributed by atoms with E-state index in [1.54, 1.807) is 18.6 Å². The Balaban J connectivity index is 1.24. The molecule has 0 bridgehead atoms. The van der Waals surface area contributed by atoms with Crippen LogP contribution in [0.3, 0.4) is 0 Å². The Labute approximate surface area is 213 Å². The van der Waals surface area contributed by atoms with Gasteiger partial charge in [0.25, 0.3) is 0 Å². The fourth-order valence-electron chi connectivity index (χ4n) is 3.71. The van der Waals surface area contributed by atoms with E-state index in [1.807, 2.05) is 109 Å². The van der Waals surface area contributed by atoms with Gasteiger partial charge in [0.05, 0.1) is 35.7 Å². The van der Waals surface area contributed by atoms with Crippen LogP contribution in [0.4, 0.5) is 0 Å². The molecule has 37 heavy (non-hydrogen) atoms. The van der Waals surface area contributed by atoms with E-state index in [0.29, 0.717) is 0 Å². The fraction of sp³-hybridized carbons (Fsp3) is 0. The molecule has 0 fully saturated rings. The molecule has 0 amide bonds. The standard InChI is InChI=1S/C27H21BN6O3/c1-4-10-22(11-5-1)25-16-19-32(29-25)35-28(36-33-20-17-26(30-33)23-12-6-2-7-13-23)37-34-21-18-27(31-34)24-14-8-3-9-15-24/h1-21H/q-1. The SMILES string of the molecule is c1ccc(-c2ccn(O[B-](On3ccc(-c4ccccc4)n3)On3ccc(-c4ccccc4)n3)n2)cc1. The second kappa shape index (κ2) is 10.2. The van der Waals surface area contributed by atoms with Gasteiger partial charge >= 0.3 is 7.32 Å². The van der Waals surface area contributed by atoms with Gasteiger partial charge in [-0.15, -0.1) is 15.3 Å². The number of hydrogen-bond donors (Lipinski definition) is 0. The molecular weight excluding hydrogens is 467 g/mol. The molecule has 1 radical (unpaired) electrons. The van der Waals surface area contributed by atoms with Crippen LogP contribution in [0.1, 0.15) is 0 Å². The second-order valence-electron chi connectivity index (χ2n) is 8.01. The molecule has 3 aromatic carbocycles. The second-order valence-corrected chi connectivity index (χ2v) is 8.01. The van der Waals surface area contributed by atoms with Gasteiger partial charge < -0.3 is 14.3 Å². The molecule has 0 saturated heterocycles. The maximum atomic E-state index is 5.89. The minimum Gasteiger partial charge on any atom is -0.560 e. The number of nitrogens with zero attached hydrogens (tertiary/aromatic N) is 6. The minimum absolute atomic E-state index is 0.746. The van der Waals surface area contributed by atoms with Gasteiger partial charge in [0.2, 0.25) is 0 Å². The van der Waals surface area contributed by atoms with Gasteiger partial charge in [-0.1, -0.05) is 91.0 Å². The number of benzene rings is 3. The van der Waals surface area contributed by atoms with Crippen molar-refractivity contribution >= 4 is 7.32 Å². The molecule has 0 unspecified atom stereocenters. The van der Waals surface area contributed by atoms with E-state index in [9.17, 15) is 0 Å². The Morgan fingerprint density at radius 3 is 1.00 bits per heavy atom. The summed E-state index contributed by atoms with van der Waals surface area (Å²) in [5, 5.41) is 13.5. The molecule has 0 aliphatic rings. The molecule has 6 aromatic rings. The quantitative estimate of drug-likeness (QED) is 0.287. The Bertz CT molecular complexity index is 1380. The van der Waals surface area contributed by atoms with Gasteiger partial charge in [-0.25, -0.2) is 0 Å². The van der Waals surface area contributed by atoms with Gasteiger partial charge in [0, 0.05) is 16.7 Å². The van der Waals surface area contributed by atoms with Gasteiger partial charge in [-0.3, -0.25) is 0 Å². The summed E-state index contributed by atoms with van der Waals surface area (Å²) in [6.07, 6.45) is 5.04. The monoisotopic (exact) mass is 488 g/mol. The predicted molar refractivity (Wildman–Crippen MR) is 138 cm³/mol. The third kappa shape index (κ3) is 5.23. The third-order valence-electron chi connectivity index (χ3n) is 5.49. The summed E-state index contributed by atoms with van der Waals surface area (Å²) >= 11 is 0. The molecule has 0 N–H and O–H groups in total. The largest absolute Gasteiger partial charge is 0.585 e. The summed E-state index contributed by atoms with van der Waals surface area (Å²) < 4.78 is 17.7. The molecule has 9 nitrogen and oxygen atoms in total. The van der Waals surface area contributed by atoms with Crippen molar-refractivity contribution in [3.05, 3.63) is 128 Å². The van der Waals surface area contributed by atoms with Crippen molar-refractivity contribution in [2.45, 2.75) is 0 Å². The number of aromatic nitrogens is 6. The Hall–Kier alpha value is -5.25. The summed E-state index contributed by atoms with van der Waals surface area (Å²) in [5.41, 5.74) is 5.12. The van der Waals surface area contributed by atoms with Crippen LogP contribution >= 0.6 is 0 Å². The summed E-state index contributed by atoms with van der Waals surface area (Å²) in [4.78, 5) is 3.86. The van der Waals surface area contributed by atoms with Crippen molar-refractivity contribution in [1.82, 2.24) is 29.8 Å². The van der Waals surface area contributed by atoms with Crippen LogP contribution < -0.4 is 14.3 Å². The smallest absolute Gasteiger partial charge is 0.560 e. The average molecular weight is 488 g/mol.